The van der Waals surface area contributed by atoms with Crippen molar-refractivity contribution in [2.75, 3.05) is 5.73 Å². The molecule has 3 rings (SSSR count). The number of benzene rings is 1. The van der Waals surface area contributed by atoms with Gasteiger partial charge in [0.15, 0.2) is 0 Å². The topological polar surface area (TPSA) is 56.7 Å². The van der Waals surface area contributed by atoms with Crippen LogP contribution in [0.1, 0.15) is 11.1 Å². The van der Waals surface area contributed by atoms with Gasteiger partial charge in [-0.25, -0.2) is 0 Å². The van der Waals surface area contributed by atoms with Gasteiger partial charge in [-0.05, 0) is 24.1 Å². The Morgan fingerprint density at radius 1 is 1.15 bits per heavy atom. The molecule has 0 amide bonds. The molecule has 0 aliphatic carbocycles. The van der Waals surface area contributed by atoms with Gasteiger partial charge in [0, 0.05) is 35.4 Å². The SMILES string of the molecule is Cc1cncc(Cn2cc(-c3ccccc3N)cn2)c1. The first-order valence-electron chi connectivity index (χ1n) is 6.50. The number of aryl methyl sites for hydroxylation is 1. The van der Waals surface area contributed by atoms with Gasteiger partial charge < -0.3 is 5.73 Å². The number of rotatable bonds is 3. The van der Waals surface area contributed by atoms with E-state index in [1.165, 1.54) is 0 Å². The van der Waals surface area contributed by atoms with E-state index in [-0.39, 0.29) is 0 Å². The average molecular weight is 264 g/mol. The number of hydrogen-bond acceptors (Lipinski definition) is 3. The molecule has 0 unspecified atom stereocenters. The molecule has 0 aliphatic heterocycles. The second-order valence-corrected chi connectivity index (χ2v) is 4.88. The van der Waals surface area contributed by atoms with E-state index < -0.39 is 0 Å². The fourth-order valence-corrected chi connectivity index (χ4v) is 2.24. The maximum Gasteiger partial charge on any atom is 0.0674 e. The van der Waals surface area contributed by atoms with Crippen LogP contribution in [0.2, 0.25) is 0 Å². The lowest BCUT2D eigenvalue weighted by Gasteiger charge is -2.03. The molecule has 20 heavy (non-hydrogen) atoms. The van der Waals surface area contributed by atoms with E-state index in [0.717, 1.165) is 27.9 Å². The zero-order chi connectivity index (χ0) is 13.9. The predicted octanol–water partition coefficient (Wildman–Crippen LogP) is 2.88. The molecular weight excluding hydrogens is 248 g/mol. The summed E-state index contributed by atoms with van der Waals surface area (Å²) in [5.41, 5.74) is 11.1. The molecule has 0 saturated heterocycles. The zero-order valence-electron chi connectivity index (χ0n) is 11.3. The minimum Gasteiger partial charge on any atom is -0.398 e. The molecular formula is C16H16N4. The van der Waals surface area contributed by atoms with Crippen LogP contribution >= 0.6 is 0 Å². The van der Waals surface area contributed by atoms with Crippen molar-refractivity contribution in [3.8, 4) is 11.1 Å². The zero-order valence-corrected chi connectivity index (χ0v) is 11.3. The first kappa shape index (κ1) is 12.4. The highest BCUT2D eigenvalue weighted by Gasteiger charge is 2.05. The first-order chi connectivity index (χ1) is 9.72. The third kappa shape index (κ3) is 2.54. The summed E-state index contributed by atoms with van der Waals surface area (Å²) in [5, 5.41) is 4.39. The van der Waals surface area contributed by atoms with E-state index in [4.69, 9.17) is 5.73 Å². The van der Waals surface area contributed by atoms with Crippen molar-refractivity contribution in [2.45, 2.75) is 13.5 Å². The fourth-order valence-electron chi connectivity index (χ4n) is 2.24. The van der Waals surface area contributed by atoms with E-state index in [1.807, 2.05) is 60.7 Å². The van der Waals surface area contributed by atoms with Crippen LogP contribution in [-0.2, 0) is 6.54 Å². The number of hydrogen-bond donors (Lipinski definition) is 1. The Kier molecular flexibility index (Phi) is 3.21. The highest BCUT2D eigenvalue weighted by Crippen LogP contribution is 2.24. The number of para-hydroxylation sites is 1. The second-order valence-electron chi connectivity index (χ2n) is 4.88. The highest BCUT2D eigenvalue weighted by molar-refractivity contribution is 5.75. The third-order valence-electron chi connectivity index (χ3n) is 3.18. The molecule has 2 aromatic heterocycles. The Labute approximate surface area is 117 Å². The summed E-state index contributed by atoms with van der Waals surface area (Å²) in [5.74, 6) is 0. The van der Waals surface area contributed by atoms with Crippen LogP contribution in [0.25, 0.3) is 11.1 Å². The van der Waals surface area contributed by atoms with Crippen LogP contribution in [-0.4, -0.2) is 14.8 Å². The quantitative estimate of drug-likeness (QED) is 0.740. The van der Waals surface area contributed by atoms with Gasteiger partial charge in [-0.3, -0.25) is 9.67 Å². The summed E-state index contributed by atoms with van der Waals surface area (Å²) in [7, 11) is 0. The van der Waals surface area contributed by atoms with Crippen LogP contribution in [0.5, 0.6) is 0 Å². The minimum atomic E-state index is 0.710. The van der Waals surface area contributed by atoms with Gasteiger partial charge in [0.2, 0.25) is 0 Å². The van der Waals surface area contributed by atoms with Crippen LogP contribution in [0, 0.1) is 6.92 Å². The number of anilines is 1. The maximum atomic E-state index is 5.99. The van der Waals surface area contributed by atoms with E-state index in [1.54, 1.807) is 0 Å². The van der Waals surface area contributed by atoms with E-state index >= 15 is 0 Å². The summed E-state index contributed by atoms with van der Waals surface area (Å²) >= 11 is 0. The van der Waals surface area contributed by atoms with Crippen LogP contribution in [0.3, 0.4) is 0 Å². The Morgan fingerprint density at radius 3 is 2.80 bits per heavy atom. The number of nitrogen functional groups attached to an aromatic ring is 1. The number of pyridine rings is 1. The number of nitrogens with zero attached hydrogens (tertiary/aromatic N) is 3. The van der Waals surface area contributed by atoms with Gasteiger partial charge in [-0.15, -0.1) is 0 Å². The lowest BCUT2D eigenvalue weighted by Crippen LogP contribution is -2.00. The molecule has 0 atom stereocenters. The molecule has 0 fully saturated rings. The van der Waals surface area contributed by atoms with Crippen molar-refractivity contribution in [3.05, 3.63) is 66.2 Å². The van der Waals surface area contributed by atoms with Gasteiger partial charge >= 0.3 is 0 Å². The molecule has 0 saturated carbocycles. The molecule has 3 aromatic rings. The summed E-state index contributed by atoms with van der Waals surface area (Å²) in [6.07, 6.45) is 7.57. The number of aromatic nitrogens is 3. The highest BCUT2D eigenvalue weighted by atomic mass is 15.3. The van der Waals surface area contributed by atoms with Crippen LogP contribution in [0.15, 0.2) is 55.1 Å². The van der Waals surface area contributed by atoms with Crippen molar-refractivity contribution in [3.63, 3.8) is 0 Å². The first-order valence-corrected chi connectivity index (χ1v) is 6.50. The van der Waals surface area contributed by atoms with Crippen LogP contribution < -0.4 is 5.73 Å². The molecule has 0 aliphatic rings. The maximum absolute atomic E-state index is 5.99. The molecule has 0 bridgehead atoms. The van der Waals surface area contributed by atoms with Gasteiger partial charge in [0.05, 0.1) is 12.7 Å². The van der Waals surface area contributed by atoms with Crippen molar-refractivity contribution in [1.82, 2.24) is 14.8 Å². The largest absolute Gasteiger partial charge is 0.398 e. The molecule has 1 aromatic carbocycles. The summed E-state index contributed by atoms with van der Waals surface area (Å²) in [4.78, 5) is 4.20. The molecule has 2 heterocycles. The smallest absolute Gasteiger partial charge is 0.0674 e. The normalized spacial score (nSPS) is 10.7. The van der Waals surface area contributed by atoms with E-state index in [0.29, 0.717) is 6.54 Å². The van der Waals surface area contributed by atoms with Crippen molar-refractivity contribution >= 4 is 5.69 Å². The van der Waals surface area contributed by atoms with Crippen LogP contribution in [0.4, 0.5) is 5.69 Å². The molecule has 4 nitrogen and oxygen atoms in total. The monoisotopic (exact) mass is 264 g/mol. The Hall–Kier alpha value is -2.62. The second kappa shape index (κ2) is 5.17. The molecule has 0 radical (unpaired) electrons. The van der Waals surface area contributed by atoms with Gasteiger partial charge in [0.1, 0.15) is 0 Å². The summed E-state index contributed by atoms with van der Waals surface area (Å²) in [6.45, 7) is 2.75. The van der Waals surface area contributed by atoms with E-state index in [9.17, 15) is 0 Å². The fraction of sp³-hybridized carbons (Fsp3) is 0.125. The van der Waals surface area contributed by atoms with Gasteiger partial charge in [-0.2, -0.15) is 5.10 Å². The Balaban J connectivity index is 1.86. The Morgan fingerprint density at radius 2 is 2.00 bits per heavy atom. The molecule has 2 N–H and O–H groups in total. The van der Waals surface area contributed by atoms with Crippen molar-refractivity contribution < 1.29 is 0 Å². The third-order valence-corrected chi connectivity index (χ3v) is 3.18. The summed E-state index contributed by atoms with van der Waals surface area (Å²) in [6, 6.07) is 9.93. The summed E-state index contributed by atoms with van der Waals surface area (Å²) < 4.78 is 1.90. The van der Waals surface area contributed by atoms with Crippen molar-refractivity contribution in [1.29, 1.82) is 0 Å². The van der Waals surface area contributed by atoms with Gasteiger partial charge in [-0.1, -0.05) is 24.3 Å². The number of nitrogens with two attached hydrogens (primary N) is 1. The molecule has 100 valence electrons. The predicted molar refractivity (Wildman–Crippen MR) is 80.2 cm³/mol. The molecule has 0 spiro atoms. The van der Waals surface area contributed by atoms with Crippen molar-refractivity contribution in [2.24, 2.45) is 0 Å². The lowest BCUT2D eigenvalue weighted by atomic mass is 10.1. The molecule has 4 heteroatoms. The standard InChI is InChI=1S/C16H16N4/c1-12-6-13(8-18-7-12)10-20-11-14(9-19-20)15-4-2-3-5-16(15)17/h2-9,11H,10,17H2,1H3. The minimum absolute atomic E-state index is 0.710. The Bertz CT molecular complexity index is 731. The average Bonchev–Trinajstić information content (AvgIpc) is 2.87. The van der Waals surface area contributed by atoms with Gasteiger partial charge in [0.25, 0.3) is 0 Å². The lowest BCUT2D eigenvalue weighted by molar-refractivity contribution is 0.684. The van der Waals surface area contributed by atoms with E-state index in [2.05, 4.69) is 16.1 Å².